The average Bonchev–Trinajstić information content (AvgIpc) is 2.98. The Morgan fingerprint density at radius 3 is 2.85 bits per heavy atom. The number of benzene rings is 1. The molecule has 1 amide bonds. The zero-order valence-electron chi connectivity index (χ0n) is 10.6. The topological polar surface area (TPSA) is 46.9 Å². The van der Waals surface area contributed by atoms with Gasteiger partial charge in [0.25, 0.3) is 5.91 Å². The van der Waals surface area contributed by atoms with Gasteiger partial charge in [-0.25, -0.2) is 13.8 Å². The van der Waals surface area contributed by atoms with Crippen LogP contribution in [0.1, 0.15) is 18.4 Å². The summed E-state index contributed by atoms with van der Waals surface area (Å²) in [6, 6.07) is 4.62. The molecule has 1 aliphatic carbocycles. The number of imidazole rings is 1. The van der Waals surface area contributed by atoms with E-state index in [1.54, 1.807) is 29.1 Å². The lowest BCUT2D eigenvalue weighted by Gasteiger charge is -2.09. The third-order valence-electron chi connectivity index (χ3n) is 3.34. The molecule has 0 aliphatic heterocycles. The molecule has 1 N–H and O–H groups in total. The Balaban J connectivity index is 1.69. The van der Waals surface area contributed by atoms with Gasteiger partial charge in [-0.3, -0.25) is 4.79 Å². The number of nitrogens with zero attached hydrogens (tertiary/aromatic N) is 2. The molecule has 2 aromatic rings. The van der Waals surface area contributed by atoms with Crippen LogP contribution in [0.5, 0.6) is 0 Å². The standard InChI is InChI=1S/C14H13F2N3O/c15-11-7-10(8-18-13(20)14(16)3-4-14)1-2-12(11)19-6-5-17-9-19/h1-2,5-7,9H,3-4,8H2,(H,18,20). The predicted octanol–water partition coefficient (Wildman–Crippen LogP) is 2.13. The summed E-state index contributed by atoms with van der Waals surface area (Å²) in [5.41, 5.74) is -0.736. The van der Waals surface area contributed by atoms with E-state index in [1.807, 2.05) is 0 Å². The van der Waals surface area contributed by atoms with Crippen molar-refractivity contribution in [2.24, 2.45) is 0 Å². The van der Waals surface area contributed by atoms with Crippen LogP contribution in [0.25, 0.3) is 5.69 Å². The van der Waals surface area contributed by atoms with Crippen molar-refractivity contribution in [3.05, 3.63) is 48.3 Å². The van der Waals surface area contributed by atoms with Gasteiger partial charge in [-0.2, -0.15) is 0 Å². The molecule has 1 aromatic heterocycles. The highest BCUT2D eigenvalue weighted by Crippen LogP contribution is 2.39. The normalized spacial score (nSPS) is 15.9. The lowest BCUT2D eigenvalue weighted by molar-refractivity contribution is -0.127. The minimum absolute atomic E-state index is 0.117. The van der Waals surface area contributed by atoms with E-state index in [9.17, 15) is 13.6 Å². The summed E-state index contributed by atoms with van der Waals surface area (Å²) in [7, 11) is 0. The van der Waals surface area contributed by atoms with Crippen LogP contribution < -0.4 is 5.32 Å². The summed E-state index contributed by atoms with van der Waals surface area (Å²) in [6.07, 6.45) is 5.24. The number of halogens is 2. The van der Waals surface area contributed by atoms with Crippen LogP contribution in [-0.2, 0) is 11.3 Å². The minimum Gasteiger partial charge on any atom is -0.349 e. The molecule has 0 radical (unpaired) electrons. The molecule has 0 saturated heterocycles. The smallest absolute Gasteiger partial charge is 0.257 e. The van der Waals surface area contributed by atoms with Gasteiger partial charge in [0.2, 0.25) is 0 Å². The molecule has 104 valence electrons. The van der Waals surface area contributed by atoms with Crippen molar-refractivity contribution in [2.75, 3.05) is 0 Å². The summed E-state index contributed by atoms with van der Waals surface area (Å²) in [4.78, 5) is 15.3. The zero-order valence-corrected chi connectivity index (χ0v) is 10.6. The fraction of sp³-hybridized carbons (Fsp3) is 0.286. The molecule has 20 heavy (non-hydrogen) atoms. The van der Waals surface area contributed by atoms with Crippen LogP contribution in [0.2, 0.25) is 0 Å². The molecule has 0 atom stereocenters. The Morgan fingerprint density at radius 2 is 2.25 bits per heavy atom. The molecule has 1 heterocycles. The maximum absolute atomic E-state index is 13.9. The van der Waals surface area contributed by atoms with E-state index in [-0.39, 0.29) is 19.4 Å². The third-order valence-corrected chi connectivity index (χ3v) is 3.34. The zero-order chi connectivity index (χ0) is 14.2. The van der Waals surface area contributed by atoms with E-state index in [1.165, 1.54) is 12.4 Å². The molecule has 0 unspecified atom stereocenters. The van der Waals surface area contributed by atoms with Gasteiger partial charge in [0.1, 0.15) is 5.82 Å². The summed E-state index contributed by atoms with van der Waals surface area (Å²) >= 11 is 0. The van der Waals surface area contributed by atoms with E-state index in [0.29, 0.717) is 11.3 Å². The van der Waals surface area contributed by atoms with Gasteiger partial charge in [0.05, 0.1) is 12.0 Å². The summed E-state index contributed by atoms with van der Waals surface area (Å²) in [6.45, 7) is 0.117. The highest BCUT2D eigenvalue weighted by atomic mass is 19.1. The first-order valence-electron chi connectivity index (χ1n) is 6.32. The summed E-state index contributed by atoms with van der Waals surface area (Å²) < 4.78 is 28.9. The van der Waals surface area contributed by atoms with Gasteiger partial charge in [-0.05, 0) is 30.5 Å². The highest BCUT2D eigenvalue weighted by Gasteiger charge is 2.50. The number of carbonyl (C=O) groups excluding carboxylic acids is 1. The van der Waals surface area contributed by atoms with Crippen molar-refractivity contribution in [3.8, 4) is 5.69 Å². The summed E-state index contributed by atoms with van der Waals surface area (Å²) in [5, 5.41) is 2.48. The van der Waals surface area contributed by atoms with E-state index in [4.69, 9.17) is 0 Å². The second-order valence-electron chi connectivity index (χ2n) is 4.90. The third kappa shape index (κ3) is 2.41. The van der Waals surface area contributed by atoms with E-state index in [2.05, 4.69) is 10.3 Å². The Kier molecular flexibility index (Phi) is 3.00. The molecule has 4 nitrogen and oxygen atoms in total. The first-order valence-corrected chi connectivity index (χ1v) is 6.32. The van der Waals surface area contributed by atoms with Crippen molar-refractivity contribution >= 4 is 5.91 Å². The number of amides is 1. The Labute approximate surface area is 114 Å². The monoisotopic (exact) mass is 277 g/mol. The van der Waals surface area contributed by atoms with Gasteiger partial charge in [0.15, 0.2) is 5.67 Å². The molecule has 1 aliphatic rings. The van der Waals surface area contributed by atoms with Crippen LogP contribution in [0.15, 0.2) is 36.9 Å². The second-order valence-corrected chi connectivity index (χ2v) is 4.90. The first kappa shape index (κ1) is 12.8. The Bertz CT molecular complexity index is 636. The van der Waals surface area contributed by atoms with E-state index >= 15 is 0 Å². The second kappa shape index (κ2) is 4.70. The average molecular weight is 277 g/mol. The molecular weight excluding hydrogens is 264 g/mol. The number of rotatable bonds is 4. The quantitative estimate of drug-likeness (QED) is 0.930. The van der Waals surface area contributed by atoms with Crippen molar-refractivity contribution in [2.45, 2.75) is 25.1 Å². The molecule has 1 fully saturated rings. The molecule has 0 bridgehead atoms. The van der Waals surface area contributed by atoms with E-state index in [0.717, 1.165) is 0 Å². The predicted molar refractivity (Wildman–Crippen MR) is 68.4 cm³/mol. The van der Waals surface area contributed by atoms with Gasteiger partial charge in [-0.15, -0.1) is 0 Å². The SMILES string of the molecule is O=C(NCc1ccc(-n2ccnc2)c(F)c1)C1(F)CC1. The van der Waals surface area contributed by atoms with Gasteiger partial charge >= 0.3 is 0 Å². The Hall–Kier alpha value is -2.24. The van der Waals surface area contributed by atoms with Gasteiger partial charge < -0.3 is 9.88 Å². The molecule has 3 rings (SSSR count). The first-order chi connectivity index (χ1) is 9.58. The van der Waals surface area contributed by atoms with Crippen molar-refractivity contribution in [3.63, 3.8) is 0 Å². The van der Waals surface area contributed by atoms with Crippen LogP contribution in [-0.4, -0.2) is 21.1 Å². The lowest BCUT2D eigenvalue weighted by Crippen LogP contribution is -2.32. The molecular formula is C14H13F2N3O. The highest BCUT2D eigenvalue weighted by molar-refractivity contribution is 5.87. The van der Waals surface area contributed by atoms with Crippen molar-refractivity contribution in [1.29, 1.82) is 0 Å². The van der Waals surface area contributed by atoms with Crippen molar-refractivity contribution < 1.29 is 13.6 Å². The van der Waals surface area contributed by atoms with Crippen LogP contribution in [0.3, 0.4) is 0 Å². The molecule has 0 spiro atoms. The lowest BCUT2D eigenvalue weighted by atomic mass is 10.2. The number of hydrogen-bond donors (Lipinski definition) is 1. The van der Waals surface area contributed by atoms with E-state index < -0.39 is 17.4 Å². The maximum atomic E-state index is 13.9. The van der Waals surface area contributed by atoms with Crippen LogP contribution >= 0.6 is 0 Å². The minimum atomic E-state index is -1.70. The Morgan fingerprint density at radius 1 is 1.45 bits per heavy atom. The number of aromatic nitrogens is 2. The number of hydrogen-bond acceptors (Lipinski definition) is 2. The fourth-order valence-electron chi connectivity index (χ4n) is 1.95. The summed E-state index contributed by atoms with van der Waals surface area (Å²) in [5.74, 6) is -1.03. The molecule has 1 saturated carbocycles. The largest absolute Gasteiger partial charge is 0.349 e. The number of alkyl halides is 1. The maximum Gasteiger partial charge on any atom is 0.257 e. The number of carbonyl (C=O) groups is 1. The van der Waals surface area contributed by atoms with Gasteiger partial charge in [0, 0.05) is 18.9 Å². The molecule has 6 heteroatoms. The van der Waals surface area contributed by atoms with Gasteiger partial charge in [-0.1, -0.05) is 6.07 Å². The van der Waals surface area contributed by atoms with Crippen LogP contribution in [0, 0.1) is 5.82 Å². The molecule has 1 aromatic carbocycles. The number of nitrogens with one attached hydrogen (secondary N) is 1. The van der Waals surface area contributed by atoms with Crippen LogP contribution in [0.4, 0.5) is 8.78 Å². The fourth-order valence-corrected chi connectivity index (χ4v) is 1.95. The van der Waals surface area contributed by atoms with Crippen molar-refractivity contribution in [1.82, 2.24) is 14.9 Å².